The van der Waals surface area contributed by atoms with Crippen molar-refractivity contribution in [3.05, 3.63) is 47.3 Å². The second-order valence-corrected chi connectivity index (χ2v) is 9.81. The summed E-state index contributed by atoms with van der Waals surface area (Å²) >= 11 is 0. The molecule has 0 unspecified atom stereocenters. The van der Waals surface area contributed by atoms with E-state index >= 15 is 0 Å². The van der Waals surface area contributed by atoms with Gasteiger partial charge >= 0.3 is 0 Å². The number of carbonyl (C=O) groups excluding carboxylic acids is 2. The Morgan fingerprint density at radius 1 is 1.03 bits per heavy atom. The highest BCUT2D eigenvalue weighted by Crippen LogP contribution is 2.24. The lowest BCUT2D eigenvalue weighted by molar-refractivity contribution is -0.131. The van der Waals surface area contributed by atoms with Crippen LogP contribution in [0.15, 0.2) is 30.3 Å². The Labute approximate surface area is 209 Å². The Morgan fingerprint density at radius 3 is 2.43 bits per heavy atom. The molecule has 0 spiro atoms. The quantitative estimate of drug-likeness (QED) is 0.680. The highest BCUT2D eigenvalue weighted by atomic mass is 16.2. The fourth-order valence-corrected chi connectivity index (χ4v) is 4.62. The molecule has 2 amide bonds. The molecule has 8 nitrogen and oxygen atoms in total. The number of fused-ring (bicyclic) bond motifs is 1. The molecular weight excluding hydrogens is 440 g/mol. The van der Waals surface area contributed by atoms with E-state index < -0.39 is 0 Å². The van der Waals surface area contributed by atoms with Gasteiger partial charge in [-0.1, -0.05) is 32.0 Å². The standard InChI is InChI=1S/C27H40N6O2/c1-20(2)18-31-13-8-14-33(23(5)34)25-10-7-6-9-24(25)19-32(16-15-31)26(35)11-12-28-27-29-21(3)17-22(4)30-27/h6-7,9-10,17,20H,8,11-16,18-19H2,1-5H3,(H,28,29,30). The van der Waals surface area contributed by atoms with Crippen LogP contribution in [0.3, 0.4) is 0 Å². The molecule has 1 aliphatic rings. The van der Waals surface area contributed by atoms with Gasteiger partial charge in [-0.15, -0.1) is 0 Å². The number of hydrogen-bond donors (Lipinski definition) is 1. The third kappa shape index (κ3) is 8.02. The molecule has 0 bridgehead atoms. The summed E-state index contributed by atoms with van der Waals surface area (Å²) < 4.78 is 0. The van der Waals surface area contributed by atoms with Crippen LogP contribution < -0.4 is 10.2 Å². The molecule has 1 N–H and O–H groups in total. The van der Waals surface area contributed by atoms with Crippen molar-refractivity contribution >= 4 is 23.5 Å². The van der Waals surface area contributed by atoms with Gasteiger partial charge < -0.3 is 20.0 Å². The van der Waals surface area contributed by atoms with E-state index in [2.05, 4.69) is 34.0 Å². The Bertz CT molecular complexity index is 989. The van der Waals surface area contributed by atoms with Gasteiger partial charge in [0.2, 0.25) is 17.8 Å². The van der Waals surface area contributed by atoms with E-state index in [9.17, 15) is 9.59 Å². The lowest BCUT2D eigenvalue weighted by Gasteiger charge is -2.29. The maximum absolute atomic E-state index is 13.4. The molecule has 3 rings (SSSR count). The number of aromatic nitrogens is 2. The largest absolute Gasteiger partial charge is 0.354 e. The van der Waals surface area contributed by atoms with Crippen LogP contribution in [-0.4, -0.2) is 70.9 Å². The molecule has 2 heterocycles. The molecular formula is C27H40N6O2. The summed E-state index contributed by atoms with van der Waals surface area (Å²) in [5, 5.41) is 3.20. The number of amides is 2. The van der Waals surface area contributed by atoms with Gasteiger partial charge in [-0.05, 0) is 50.4 Å². The number of rotatable bonds is 6. The number of aryl methyl sites for hydroxylation is 2. The fourth-order valence-electron chi connectivity index (χ4n) is 4.62. The molecule has 190 valence electrons. The Hall–Kier alpha value is -3.00. The molecule has 8 heteroatoms. The van der Waals surface area contributed by atoms with Crippen LogP contribution in [0.25, 0.3) is 0 Å². The lowest BCUT2D eigenvalue weighted by Crippen LogP contribution is -2.40. The highest BCUT2D eigenvalue weighted by Gasteiger charge is 2.22. The topological polar surface area (TPSA) is 81.7 Å². The zero-order valence-electron chi connectivity index (χ0n) is 21.9. The van der Waals surface area contributed by atoms with Crippen molar-refractivity contribution in [1.82, 2.24) is 19.8 Å². The van der Waals surface area contributed by atoms with Crippen molar-refractivity contribution in [3.8, 4) is 0 Å². The smallest absolute Gasteiger partial charge is 0.224 e. The number of nitrogens with one attached hydrogen (secondary N) is 1. The number of nitrogens with zero attached hydrogens (tertiary/aromatic N) is 5. The molecule has 1 aliphatic heterocycles. The third-order valence-electron chi connectivity index (χ3n) is 6.15. The zero-order chi connectivity index (χ0) is 25.4. The molecule has 35 heavy (non-hydrogen) atoms. The maximum Gasteiger partial charge on any atom is 0.224 e. The minimum Gasteiger partial charge on any atom is -0.354 e. The zero-order valence-corrected chi connectivity index (χ0v) is 21.9. The summed E-state index contributed by atoms with van der Waals surface area (Å²) in [6.45, 7) is 14.9. The summed E-state index contributed by atoms with van der Waals surface area (Å²) in [6, 6.07) is 9.87. The molecule has 0 saturated heterocycles. The van der Waals surface area contributed by atoms with Crippen LogP contribution in [0, 0.1) is 19.8 Å². The molecule has 1 aromatic heterocycles. The molecule has 1 aromatic carbocycles. The molecule has 0 saturated carbocycles. The van der Waals surface area contributed by atoms with E-state index in [-0.39, 0.29) is 11.8 Å². The van der Waals surface area contributed by atoms with Crippen molar-refractivity contribution in [3.63, 3.8) is 0 Å². The molecule has 0 fully saturated rings. The van der Waals surface area contributed by atoms with Crippen molar-refractivity contribution in [2.75, 3.05) is 49.5 Å². The van der Waals surface area contributed by atoms with Crippen molar-refractivity contribution < 1.29 is 9.59 Å². The van der Waals surface area contributed by atoms with Crippen LogP contribution in [0.2, 0.25) is 0 Å². The Morgan fingerprint density at radius 2 is 1.74 bits per heavy atom. The predicted molar refractivity (Wildman–Crippen MR) is 140 cm³/mol. The number of benzene rings is 1. The van der Waals surface area contributed by atoms with E-state index in [1.807, 2.05) is 54.0 Å². The number of carbonyl (C=O) groups is 2. The minimum absolute atomic E-state index is 0.0302. The van der Waals surface area contributed by atoms with Gasteiger partial charge in [-0.2, -0.15) is 0 Å². The van der Waals surface area contributed by atoms with Crippen LogP contribution in [0.4, 0.5) is 11.6 Å². The first-order valence-corrected chi connectivity index (χ1v) is 12.6. The van der Waals surface area contributed by atoms with Gasteiger partial charge in [-0.3, -0.25) is 9.59 Å². The van der Waals surface area contributed by atoms with Gasteiger partial charge in [-0.25, -0.2) is 9.97 Å². The van der Waals surface area contributed by atoms with Crippen molar-refractivity contribution in [2.45, 2.75) is 54.0 Å². The van der Waals surface area contributed by atoms with Crippen molar-refractivity contribution in [1.29, 1.82) is 0 Å². The monoisotopic (exact) mass is 480 g/mol. The maximum atomic E-state index is 13.4. The van der Waals surface area contributed by atoms with Crippen LogP contribution in [0.1, 0.15) is 50.6 Å². The van der Waals surface area contributed by atoms with Gasteiger partial charge in [0.05, 0.1) is 0 Å². The summed E-state index contributed by atoms with van der Waals surface area (Å²) in [7, 11) is 0. The molecule has 0 atom stereocenters. The average molecular weight is 481 g/mol. The highest BCUT2D eigenvalue weighted by molar-refractivity contribution is 5.92. The molecule has 2 aromatic rings. The van der Waals surface area contributed by atoms with E-state index in [0.29, 0.717) is 44.5 Å². The van der Waals surface area contributed by atoms with Gasteiger partial charge in [0, 0.05) is 69.7 Å². The summed E-state index contributed by atoms with van der Waals surface area (Å²) in [6.07, 6.45) is 1.24. The summed E-state index contributed by atoms with van der Waals surface area (Å²) in [5.41, 5.74) is 3.70. The summed E-state index contributed by atoms with van der Waals surface area (Å²) in [5.74, 6) is 1.20. The van der Waals surface area contributed by atoms with E-state index in [1.165, 1.54) is 0 Å². The second-order valence-electron chi connectivity index (χ2n) is 9.81. The van der Waals surface area contributed by atoms with Crippen LogP contribution in [-0.2, 0) is 16.1 Å². The van der Waals surface area contributed by atoms with E-state index in [1.54, 1.807) is 6.92 Å². The van der Waals surface area contributed by atoms with Crippen molar-refractivity contribution in [2.24, 2.45) is 5.92 Å². The van der Waals surface area contributed by atoms with Crippen LogP contribution >= 0.6 is 0 Å². The fraction of sp³-hybridized carbons (Fsp3) is 0.556. The number of anilines is 2. The average Bonchev–Trinajstić information content (AvgIpc) is 2.81. The normalized spacial score (nSPS) is 15.5. The molecule has 0 radical (unpaired) electrons. The Balaban J connectivity index is 1.77. The third-order valence-corrected chi connectivity index (χ3v) is 6.15. The number of para-hydroxylation sites is 1. The first kappa shape index (κ1) is 26.6. The second kappa shape index (κ2) is 12.6. The van der Waals surface area contributed by atoms with Crippen LogP contribution in [0.5, 0.6) is 0 Å². The predicted octanol–water partition coefficient (Wildman–Crippen LogP) is 3.64. The number of hydrogen-bond acceptors (Lipinski definition) is 6. The van der Waals surface area contributed by atoms with E-state index in [0.717, 1.165) is 48.7 Å². The first-order valence-electron chi connectivity index (χ1n) is 12.6. The van der Waals surface area contributed by atoms with Gasteiger partial charge in [0.1, 0.15) is 0 Å². The van der Waals surface area contributed by atoms with Gasteiger partial charge in [0.15, 0.2) is 0 Å². The lowest BCUT2D eigenvalue weighted by atomic mass is 10.1. The molecule has 0 aliphatic carbocycles. The SMILES string of the molecule is CC(=O)N1CCCN(CC(C)C)CCN(C(=O)CCNc2nc(C)cc(C)n2)Cc2ccccc21. The minimum atomic E-state index is 0.0302. The first-order chi connectivity index (χ1) is 16.7. The summed E-state index contributed by atoms with van der Waals surface area (Å²) in [4.78, 5) is 40.9. The Kier molecular flexibility index (Phi) is 9.60. The van der Waals surface area contributed by atoms with E-state index in [4.69, 9.17) is 0 Å². The van der Waals surface area contributed by atoms with Gasteiger partial charge in [0.25, 0.3) is 0 Å².